The van der Waals surface area contributed by atoms with Crippen molar-refractivity contribution in [3.05, 3.63) is 48.0 Å². The number of aliphatic imine (C=N–C) groups is 1. The third kappa shape index (κ3) is 2.54. The van der Waals surface area contributed by atoms with Crippen LogP contribution in [0.4, 0.5) is 0 Å². The van der Waals surface area contributed by atoms with Crippen molar-refractivity contribution in [1.29, 1.82) is 0 Å². The number of nitrogens with zero attached hydrogens (tertiary/aromatic N) is 2. The molecule has 18 heavy (non-hydrogen) atoms. The number of nitrogens with two attached hydrogens (primary N) is 1. The number of hydrogen-bond acceptors (Lipinski definition) is 4. The summed E-state index contributed by atoms with van der Waals surface area (Å²) in [7, 11) is 1.70. The molecule has 1 unspecified atom stereocenters. The van der Waals surface area contributed by atoms with E-state index in [0.717, 1.165) is 0 Å². The molecule has 0 radical (unpaired) electrons. The van der Waals surface area contributed by atoms with Crippen molar-refractivity contribution in [1.82, 2.24) is 4.90 Å². The molecule has 2 N–H and O–H groups in total. The van der Waals surface area contributed by atoms with Crippen molar-refractivity contribution >= 4 is 5.96 Å². The van der Waals surface area contributed by atoms with Crippen molar-refractivity contribution in [3.8, 4) is 0 Å². The maximum atomic E-state index is 5.89. The molecule has 1 heterocycles. The molecule has 1 aliphatic rings. The van der Waals surface area contributed by atoms with Crippen LogP contribution in [0.15, 0.2) is 41.9 Å². The van der Waals surface area contributed by atoms with Gasteiger partial charge in [-0.25, -0.2) is 0 Å². The van der Waals surface area contributed by atoms with E-state index >= 15 is 0 Å². The number of ether oxygens (including phenoxy) is 1. The quantitative estimate of drug-likeness (QED) is 0.803. The molecule has 1 aromatic rings. The predicted molar refractivity (Wildman–Crippen MR) is 73.3 cm³/mol. The lowest BCUT2D eigenvalue weighted by atomic mass is 10.0. The van der Waals surface area contributed by atoms with E-state index in [2.05, 4.69) is 34.7 Å². The first-order valence-corrected chi connectivity index (χ1v) is 6.01. The SMILES string of the molecule is C=CCN1C(N)=NCC1c1cccc(COC)c1. The summed E-state index contributed by atoms with van der Waals surface area (Å²) in [6.07, 6.45) is 1.85. The summed E-state index contributed by atoms with van der Waals surface area (Å²) in [4.78, 5) is 6.38. The zero-order valence-electron chi connectivity index (χ0n) is 10.7. The predicted octanol–water partition coefficient (Wildman–Crippen LogP) is 1.69. The van der Waals surface area contributed by atoms with Gasteiger partial charge in [0.1, 0.15) is 0 Å². The zero-order valence-corrected chi connectivity index (χ0v) is 10.7. The standard InChI is InChI=1S/C14H19N3O/c1-3-7-17-13(9-16-14(17)15)12-6-4-5-11(8-12)10-18-2/h3-6,8,13H,1,7,9-10H2,2H3,(H2,15,16). The van der Waals surface area contributed by atoms with Gasteiger partial charge in [0.05, 0.1) is 19.2 Å². The van der Waals surface area contributed by atoms with Crippen LogP contribution in [0.5, 0.6) is 0 Å². The Hall–Kier alpha value is -1.81. The minimum Gasteiger partial charge on any atom is -0.380 e. The Kier molecular flexibility index (Phi) is 3.99. The topological polar surface area (TPSA) is 50.8 Å². The van der Waals surface area contributed by atoms with Gasteiger partial charge < -0.3 is 15.4 Å². The molecule has 1 aliphatic heterocycles. The van der Waals surface area contributed by atoms with Gasteiger partial charge >= 0.3 is 0 Å². The minimum atomic E-state index is 0.208. The van der Waals surface area contributed by atoms with Crippen molar-refractivity contribution in [3.63, 3.8) is 0 Å². The van der Waals surface area contributed by atoms with Gasteiger partial charge in [0.25, 0.3) is 0 Å². The smallest absolute Gasteiger partial charge is 0.192 e. The summed E-state index contributed by atoms with van der Waals surface area (Å²) in [5.41, 5.74) is 8.28. The molecule has 0 aliphatic carbocycles. The van der Waals surface area contributed by atoms with Crippen LogP contribution in [0.25, 0.3) is 0 Å². The summed E-state index contributed by atoms with van der Waals surface area (Å²) < 4.78 is 5.16. The monoisotopic (exact) mass is 245 g/mol. The molecule has 96 valence electrons. The average Bonchev–Trinajstić information content (AvgIpc) is 2.73. The van der Waals surface area contributed by atoms with E-state index < -0.39 is 0 Å². The molecular weight excluding hydrogens is 226 g/mol. The first-order chi connectivity index (χ1) is 8.76. The summed E-state index contributed by atoms with van der Waals surface area (Å²) in [6, 6.07) is 8.57. The third-order valence-electron chi connectivity index (χ3n) is 3.07. The first kappa shape index (κ1) is 12.6. The molecule has 0 bridgehead atoms. The highest BCUT2D eigenvalue weighted by Crippen LogP contribution is 2.26. The Morgan fingerprint density at radius 3 is 3.17 bits per heavy atom. The number of rotatable bonds is 5. The molecule has 0 aromatic heterocycles. The first-order valence-electron chi connectivity index (χ1n) is 6.01. The van der Waals surface area contributed by atoms with Gasteiger partial charge in [-0.3, -0.25) is 4.99 Å². The number of hydrogen-bond donors (Lipinski definition) is 1. The molecule has 0 spiro atoms. The summed E-state index contributed by atoms with van der Waals surface area (Å²) in [5.74, 6) is 0.594. The number of methoxy groups -OCH3 is 1. The molecule has 1 aromatic carbocycles. The lowest BCUT2D eigenvalue weighted by molar-refractivity contribution is 0.184. The highest BCUT2D eigenvalue weighted by molar-refractivity contribution is 5.80. The Balaban J connectivity index is 2.20. The molecule has 0 saturated carbocycles. The molecule has 0 fully saturated rings. The second-order valence-corrected chi connectivity index (χ2v) is 4.33. The van der Waals surface area contributed by atoms with E-state index in [1.54, 1.807) is 7.11 Å². The van der Waals surface area contributed by atoms with Gasteiger partial charge in [-0.2, -0.15) is 0 Å². The van der Waals surface area contributed by atoms with Gasteiger partial charge in [0, 0.05) is 13.7 Å². The van der Waals surface area contributed by atoms with Gasteiger partial charge in [-0.1, -0.05) is 30.3 Å². The van der Waals surface area contributed by atoms with Crippen molar-refractivity contribution in [2.45, 2.75) is 12.6 Å². The average molecular weight is 245 g/mol. The van der Waals surface area contributed by atoms with Crippen LogP contribution in [0, 0.1) is 0 Å². The Bertz CT molecular complexity index is 456. The second kappa shape index (κ2) is 5.69. The highest BCUT2D eigenvalue weighted by Gasteiger charge is 2.26. The van der Waals surface area contributed by atoms with Crippen LogP contribution in [-0.2, 0) is 11.3 Å². The largest absolute Gasteiger partial charge is 0.380 e. The van der Waals surface area contributed by atoms with Crippen LogP contribution in [0.2, 0.25) is 0 Å². The maximum Gasteiger partial charge on any atom is 0.192 e. The number of guanidine groups is 1. The summed E-state index contributed by atoms with van der Waals surface area (Å²) >= 11 is 0. The number of benzene rings is 1. The molecule has 4 heteroatoms. The van der Waals surface area contributed by atoms with Crippen LogP contribution >= 0.6 is 0 Å². The van der Waals surface area contributed by atoms with Gasteiger partial charge in [0.15, 0.2) is 5.96 Å². The molecule has 0 saturated heterocycles. The normalized spacial score (nSPS) is 18.8. The minimum absolute atomic E-state index is 0.208. The lowest BCUT2D eigenvalue weighted by Crippen LogP contribution is -2.36. The van der Waals surface area contributed by atoms with Gasteiger partial charge in [0.2, 0.25) is 0 Å². The summed E-state index contributed by atoms with van der Waals surface area (Å²) in [6.45, 7) is 5.81. The van der Waals surface area contributed by atoms with Crippen LogP contribution in [-0.4, -0.2) is 31.1 Å². The molecule has 1 atom stereocenters. The molecule has 4 nitrogen and oxygen atoms in total. The van der Waals surface area contributed by atoms with E-state index in [4.69, 9.17) is 10.5 Å². The van der Waals surface area contributed by atoms with Crippen LogP contribution < -0.4 is 5.73 Å². The van der Waals surface area contributed by atoms with Crippen molar-refractivity contribution in [2.24, 2.45) is 10.7 Å². The Labute approximate surface area is 108 Å². The highest BCUT2D eigenvalue weighted by atomic mass is 16.5. The van der Waals surface area contributed by atoms with E-state index in [-0.39, 0.29) is 6.04 Å². The fourth-order valence-electron chi connectivity index (χ4n) is 2.23. The molecule has 2 rings (SSSR count). The van der Waals surface area contributed by atoms with Crippen LogP contribution in [0.1, 0.15) is 17.2 Å². The third-order valence-corrected chi connectivity index (χ3v) is 3.07. The van der Waals surface area contributed by atoms with Gasteiger partial charge in [-0.05, 0) is 11.1 Å². The lowest BCUT2D eigenvalue weighted by Gasteiger charge is -2.25. The van der Waals surface area contributed by atoms with Crippen LogP contribution in [0.3, 0.4) is 0 Å². The van der Waals surface area contributed by atoms with Crippen molar-refractivity contribution < 1.29 is 4.74 Å². The summed E-state index contributed by atoms with van der Waals surface area (Å²) in [5, 5.41) is 0. The Morgan fingerprint density at radius 1 is 1.61 bits per heavy atom. The van der Waals surface area contributed by atoms with E-state index in [1.165, 1.54) is 11.1 Å². The fourth-order valence-corrected chi connectivity index (χ4v) is 2.23. The second-order valence-electron chi connectivity index (χ2n) is 4.33. The van der Waals surface area contributed by atoms with E-state index in [1.807, 2.05) is 12.1 Å². The van der Waals surface area contributed by atoms with Gasteiger partial charge in [-0.15, -0.1) is 6.58 Å². The van der Waals surface area contributed by atoms with E-state index in [9.17, 15) is 0 Å². The zero-order chi connectivity index (χ0) is 13.0. The molecular formula is C14H19N3O. The fraction of sp³-hybridized carbons (Fsp3) is 0.357. The van der Waals surface area contributed by atoms with Crippen molar-refractivity contribution in [2.75, 3.05) is 20.2 Å². The van der Waals surface area contributed by atoms with E-state index in [0.29, 0.717) is 25.7 Å². The molecule has 0 amide bonds. The Morgan fingerprint density at radius 2 is 2.44 bits per heavy atom. The maximum absolute atomic E-state index is 5.89.